The molecule has 1 aliphatic carbocycles. The first kappa shape index (κ1) is 14.6. The summed E-state index contributed by atoms with van der Waals surface area (Å²) < 4.78 is 1.17. The van der Waals surface area contributed by atoms with E-state index in [1.165, 1.54) is 15.1 Å². The van der Waals surface area contributed by atoms with Gasteiger partial charge < -0.3 is 10.4 Å². The van der Waals surface area contributed by atoms with E-state index in [-0.39, 0.29) is 29.8 Å². The molecule has 21 heavy (non-hydrogen) atoms. The molecule has 3 rings (SSSR count). The summed E-state index contributed by atoms with van der Waals surface area (Å²) >= 11 is 7.91. The van der Waals surface area contributed by atoms with E-state index < -0.39 is 0 Å². The number of aliphatic hydroxyl groups is 1. The van der Waals surface area contributed by atoms with Gasteiger partial charge >= 0.3 is 0 Å². The van der Waals surface area contributed by atoms with E-state index in [0.29, 0.717) is 5.69 Å². The van der Waals surface area contributed by atoms with E-state index in [9.17, 15) is 4.79 Å². The first-order chi connectivity index (χ1) is 10.2. The van der Waals surface area contributed by atoms with Crippen LogP contribution in [0.15, 0.2) is 22.4 Å². The number of aromatic nitrogens is 2. The number of rotatable bonds is 4. The molecular formula is C14H16ClN3O2S. The van der Waals surface area contributed by atoms with Gasteiger partial charge in [-0.15, -0.1) is 11.3 Å². The Labute approximate surface area is 131 Å². The number of fused-ring (bicyclic) bond motifs is 1. The third kappa shape index (κ3) is 2.84. The average molecular weight is 326 g/mol. The Balaban J connectivity index is 1.87. The van der Waals surface area contributed by atoms with Crippen molar-refractivity contribution >= 4 is 28.6 Å². The Morgan fingerprint density at radius 3 is 3.24 bits per heavy atom. The van der Waals surface area contributed by atoms with E-state index >= 15 is 0 Å². The van der Waals surface area contributed by atoms with Crippen molar-refractivity contribution in [3.05, 3.63) is 43.5 Å². The summed E-state index contributed by atoms with van der Waals surface area (Å²) in [5.41, 5.74) is 1.47. The van der Waals surface area contributed by atoms with Crippen LogP contribution in [0.3, 0.4) is 0 Å². The number of hydrogen-bond acceptors (Lipinski definition) is 5. The van der Waals surface area contributed by atoms with Gasteiger partial charge in [0, 0.05) is 4.88 Å². The first-order valence-corrected chi connectivity index (χ1v) is 8.15. The number of halogens is 1. The number of hydrogen-bond donors (Lipinski definition) is 2. The number of aliphatic hydroxyl groups excluding tert-OH is 1. The zero-order chi connectivity index (χ0) is 14.8. The molecule has 2 aromatic heterocycles. The minimum absolute atomic E-state index is 0.126. The monoisotopic (exact) mass is 325 g/mol. The fourth-order valence-corrected chi connectivity index (χ4v) is 3.83. The molecular weight excluding hydrogens is 310 g/mol. The minimum Gasteiger partial charge on any atom is -0.394 e. The van der Waals surface area contributed by atoms with Crippen molar-refractivity contribution in [1.29, 1.82) is 0 Å². The van der Waals surface area contributed by atoms with E-state index in [0.717, 1.165) is 19.3 Å². The molecule has 1 unspecified atom stereocenters. The van der Waals surface area contributed by atoms with Crippen LogP contribution in [0, 0.1) is 0 Å². The van der Waals surface area contributed by atoms with Crippen molar-refractivity contribution in [2.75, 3.05) is 11.9 Å². The number of anilines is 1. The molecule has 0 aromatic carbocycles. The summed E-state index contributed by atoms with van der Waals surface area (Å²) in [4.78, 5) is 13.4. The lowest BCUT2D eigenvalue weighted by Gasteiger charge is -2.25. The quantitative estimate of drug-likeness (QED) is 0.906. The lowest BCUT2D eigenvalue weighted by atomic mass is 9.94. The van der Waals surface area contributed by atoms with E-state index in [4.69, 9.17) is 16.7 Å². The Morgan fingerprint density at radius 1 is 1.57 bits per heavy atom. The van der Waals surface area contributed by atoms with Crippen LogP contribution in [-0.2, 0) is 13.0 Å². The molecule has 0 bridgehead atoms. The van der Waals surface area contributed by atoms with Gasteiger partial charge in [0.25, 0.3) is 5.56 Å². The summed E-state index contributed by atoms with van der Waals surface area (Å²) in [7, 11) is 0. The van der Waals surface area contributed by atoms with Crippen molar-refractivity contribution in [3.8, 4) is 0 Å². The number of nitrogens with one attached hydrogen (secondary N) is 1. The number of thiophene rings is 1. The lowest BCUT2D eigenvalue weighted by molar-refractivity contribution is 0.266. The standard InChI is InChI=1S/C14H16ClN3O2S/c15-13-11(8-16-18(5-6-19)14(13)20)17-10-2-1-3-12-9(10)4-7-21-12/h4,7-8,10,17,19H,1-3,5-6H2. The highest BCUT2D eigenvalue weighted by molar-refractivity contribution is 7.10. The van der Waals surface area contributed by atoms with Crippen LogP contribution in [0.1, 0.15) is 29.3 Å². The van der Waals surface area contributed by atoms with Crippen LogP contribution in [0.2, 0.25) is 5.02 Å². The smallest absolute Gasteiger partial charge is 0.287 e. The van der Waals surface area contributed by atoms with Crippen LogP contribution in [0.25, 0.3) is 0 Å². The highest BCUT2D eigenvalue weighted by Gasteiger charge is 2.22. The second-order valence-corrected chi connectivity index (χ2v) is 6.39. The van der Waals surface area contributed by atoms with Crippen molar-refractivity contribution in [2.24, 2.45) is 0 Å². The highest BCUT2D eigenvalue weighted by Crippen LogP contribution is 2.36. The molecule has 0 spiro atoms. The van der Waals surface area contributed by atoms with E-state index in [1.807, 2.05) is 0 Å². The molecule has 0 amide bonds. The summed E-state index contributed by atoms with van der Waals surface area (Å²) in [5, 5.41) is 18.5. The molecule has 1 atom stereocenters. The predicted octanol–water partition coefficient (Wildman–Crippen LogP) is 2.44. The Kier molecular flexibility index (Phi) is 4.28. The third-order valence-corrected chi connectivity index (χ3v) is 5.04. The molecule has 1 aliphatic rings. The van der Waals surface area contributed by atoms with Crippen molar-refractivity contribution in [1.82, 2.24) is 9.78 Å². The summed E-state index contributed by atoms with van der Waals surface area (Å²) in [6, 6.07) is 2.30. The van der Waals surface area contributed by atoms with Crippen molar-refractivity contribution in [3.63, 3.8) is 0 Å². The first-order valence-electron chi connectivity index (χ1n) is 6.90. The van der Waals surface area contributed by atoms with E-state index in [1.54, 1.807) is 17.5 Å². The summed E-state index contributed by atoms with van der Waals surface area (Å²) in [5.74, 6) is 0. The highest BCUT2D eigenvalue weighted by atomic mass is 35.5. The van der Waals surface area contributed by atoms with Crippen LogP contribution in [0.4, 0.5) is 5.69 Å². The van der Waals surface area contributed by atoms with Gasteiger partial charge in [-0.3, -0.25) is 4.79 Å². The molecule has 2 aromatic rings. The second-order valence-electron chi connectivity index (χ2n) is 5.01. The van der Waals surface area contributed by atoms with Crippen molar-refractivity contribution in [2.45, 2.75) is 31.8 Å². The summed E-state index contributed by atoms with van der Waals surface area (Å²) in [6.07, 6.45) is 4.81. The van der Waals surface area contributed by atoms with Gasteiger partial charge in [0.15, 0.2) is 0 Å². The minimum atomic E-state index is -0.378. The maximum absolute atomic E-state index is 12.0. The Morgan fingerprint density at radius 2 is 2.43 bits per heavy atom. The van der Waals surface area contributed by atoms with Crippen LogP contribution >= 0.6 is 22.9 Å². The largest absolute Gasteiger partial charge is 0.394 e. The second kappa shape index (κ2) is 6.17. The maximum Gasteiger partial charge on any atom is 0.287 e. The van der Waals surface area contributed by atoms with Crippen molar-refractivity contribution < 1.29 is 5.11 Å². The normalized spacial score (nSPS) is 17.5. The molecule has 0 saturated heterocycles. The molecule has 0 aliphatic heterocycles. The lowest BCUT2D eigenvalue weighted by Crippen LogP contribution is -2.26. The zero-order valence-corrected chi connectivity index (χ0v) is 13.0. The molecule has 0 radical (unpaired) electrons. The number of aryl methyl sites for hydroxylation is 1. The van der Waals surface area contributed by atoms with Gasteiger partial charge in [0.05, 0.1) is 31.1 Å². The topological polar surface area (TPSA) is 67.2 Å². The molecule has 2 heterocycles. The van der Waals surface area contributed by atoms with E-state index in [2.05, 4.69) is 21.9 Å². The van der Waals surface area contributed by atoms with Crippen LogP contribution < -0.4 is 10.9 Å². The Hall–Kier alpha value is -1.37. The third-order valence-electron chi connectivity index (χ3n) is 3.68. The molecule has 0 saturated carbocycles. The SMILES string of the molecule is O=c1c(Cl)c(NC2CCCc3sccc32)cnn1CCO. The maximum atomic E-state index is 12.0. The molecule has 0 fully saturated rings. The van der Waals surface area contributed by atoms with Gasteiger partial charge in [0.2, 0.25) is 0 Å². The molecule has 2 N–H and O–H groups in total. The van der Waals surface area contributed by atoms with Gasteiger partial charge in [-0.1, -0.05) is 11.6 Å². The molecule has 112 valence electrons. The zero-order valence-electron chi connectivity index (χ0n) is 11.4. The van der Waals surface area contributed by atoms with Gasteiger partial charge in [-0.2, -0.15) is 5.10 Å². The molecule has 5 nitrogen and oxygen atoms in total. The van der Waals surface area contributed by atoms with Crippen LogP contribution in [0.5, 0.6) is 0 Å². The van der Waals surface area contributed by atoms with Crippen LogP contribution in [-0.4, -0.2) is 21.5 Å². The summed E-state index contributed by atoms with van der Waals surface area (Å²) in [6.45, 7) is 0.00778. The van der Waals surface area contributed by atoms with Gasteiger partial charge in [-0.05, 0) is 36.3 Å². The Bertz CT molecular complexity index is 698. The fourth-order valence-electron chi connectivity index (χ4n) is 2.64. The van der Waals surface area contributed by atoms with Gasteiger partial charge in [0.1, 0.15) is 5.02 Å². The van der Waals surface area contributed by atoms with Gasteiger partial charge in [-0.25, -0.2) is 4.68 Å². The molecule has 7 heteroatoms. The number of nitrogens with zero attached hydrogens (tertiary/aromatic N) is 2. The fraction of sp³-hybridized carbons (Fsp3) is 0.429. The predicted molar refractivity (Wildman–Crippen MR) is 84.2 cm³/mol. The average Bonchev–Trinajstić information content (AvgIpc) is 2.96.